The van der Waals surface area contributed by atoms with E-state index in [1.807, 2.05) is 13.8 Å². The molecule has 1 aliphatic rings. The Bertz CT molecular complexity index is 638. The standard InChI is InChI=1S/C15H16FN3/c1-9-3-4-11(16)7-12(9)15-18-10(2)13-8-17-6-5-14(13)19-15/h3-4,7,17H,5-6,8H2,1-2H3. The second-order valence-corrected chi connectivity index (χ2v) is 4.94. The predicted octanol–water partition coefficient (Wildman–Crippen LogP) is 2.55. The third-order valence-corrected chi connectivity index (χ3v) is 3.58. The van der Waals surface area contributed by atoms with Crippen molar-refractivity contribution >= 4 is 0 Å². The van der Waals surface area contributed by atoms with Gasteiger partial charge in [-0.1, -0.05) is 6.07 Å². The molecular formula is C15H16FN3. The summed E-state index contributed by atoms with van der Waals surface area (Å²) in [5.41, 5.74) is 5.03. The minimum Gasteiger partial charge on any atom is -0.312 e. The van der Waals surface area contributed by atoms with Crippen molar-refractivity contribution in [2.75, 3.05) is 6.54 Å². The first kappa shape index (κ1) is 12.2. The fraction of sp³-hybridized carbons (Fsp3) is 0.333. The molecule has 0 fully saturated rings. The van der Waals surface area contributed by atoms with Crippen LogP contribution in [0.3, 0.4) is 0 Å². The molecule has 19 heavy (non-hydrogen) atoms. The Morgan fingerprint density at radius 1 is 1.21 bits per heavy atom. The van der Waals surface area contributed by atoms with Crippen molar-refractivity contribution in [3.8, 4) is 11.4 Å². The molecular weight excluding hydrogens is 241 g/mol. The van der Waals surface area contributed by atoms with Gasteiger partial charge in [0.2, 0.25) is 0 Å². The van der Waals surface area contributed by atoms with E-state index in [4.69, 9.17) is 0 Å². The van der Waals surface area contributed by atoms with E-state index in [0.717, 1.165) is 42.0 Å². The SMILES string of the molecule is Cc1ccc(F)cc1-c1nc(C)c2c(n1)CCNC2. The molecule has 2 aromatic rings. The van der Waals surface area contributed by atoms with Crippen LogP contribution in [0.15, 0.2) is 18.2 Å². The smallest absolute Gasteiger partial charge is 0.160 e. The minimum absolute atomic E-state index is 0.249. The Balaban J connectivity index is 2.15. The minimum atomic E-state index is -0.249. The molecule has 3 rings (SSSR count). The van der Waals surface area contributed by atoms with Crippen molar-refractivity contribution in [2.45, 2.75) is 26.8 Å². The molecule has 0 aliphatic carbocycles. The monoisotopic (exact) mass is 257 g/mol. The van der Waals surface area contributed by atoms with E-state index in [0.29, 0.717) is 5.82 Å². The molecule has 1 aromatic carbocycles. The van der Waals surface area contributed by atoms with E-state index in [2.05, 4.69) is 15.3 Å². The molecule has 0 amide bonds. The van der Waals surface area contributed by atoms with Crippen LogP contribution >= 0.6 is 0 Å². The lowest BCUT2D eigenvalue weighted by molar-refractivity contribution is 0.620. The molecule has 0 atom stereocenters. The first-order valence-corrected chi connectivity index (χ1v) is 6.49. The van der Waals surface area contributed by atoms with Crippen LogP contribution < -0.4 is 5.32 Å². The molecule has 1 aromatic heterocycles. The molecule has 3 nitrogen and oxygen atoms in total. The van der Waals surface area contributed by atoms with Crippen molar-refractivity contribution in [2.24, 2.45) is 0 Å². The molecule has 2 heterocycles. The number of nitrogens with zero attached hydrogens (tertiary/aromatic N) is 2. The molecule has 0 saturated carbocycles. The number of rotatable bonds is 1. The van der Waals surface area contributed by atoms with Crippen LogP contribution in [0, 0.1) is 19.7 Å². The Kier molecular flexibility index (Phi) is 3.03. The number of benzene rings is 1. The Hall–Kier alpha value is -1.81. The van der Waals surface area contributed by atoms with Gasteiger partial charge in [0.1, 0.15) is 5.82 Å². The van der Waals surface area contributed by atoms with Crippen molar-refractivity contribution in [1.82, 2.24) is 15.3 Å². The van der Waals surface area contributed by atoms with Gasteiger partial charge in [-0.15, -0.1) is 0 Å². The van der Waals surface area contributed by atoms with Crippen molar-refractivity contribution < 1.29 is 4.39 Å². The highest BCUT2D eigenvalue weighted by Crippen LogP contribution is 2.24. The van der Waals surface area contributed by atoms with Gasteiger partial charge < -0.3 is 5.32 Å². The molecule has 1 N–H and O–H groups in total. The molecule has 4 heteroatoms. The number of fused-ring (bicyclic) bond motifs is 1. The van der Waals surface area contributed by atoms with Crippen molar-refractivity contribution in [1.29, 1.82) is 0 Å². The van der Waals surface area contributed by atoms with Crippen LogP contribution in [0.2, 0.25) is 0 Å². The van der Waals surface area contributed by atoms with E-state index < -0.39 is 0 Å². The molecule has 0 saturated heterocycles. The number of hydrogen-bond acceptors (Lipinski definition) is 3. The molecule has 0 radical (unpaired) electrons. The average molecular weight is 257 g/mol. The highest BCUT2D eigenvalue weighted by Gasteiger charge is 2.16. The van der Waals surface area contributed by atoms with Crippen molar-refractivity contribution in [3.05, 3.63) is 46.5 Å². The van der Waals surface area contributed by atoms with Gasteiger partial charge in [0, 0.05) is 36.3 Å². The third kappa shape index (κ3) is 2.24. The average Bonchev–Trinajstić information content (AvgIpc) is 2.41. The van der Waals surface area contributed by atoms with E-state index in [1.54, 1.807) is 6.07 Å². The van der Waals surface area contributed by atoms with Gasteiger partial charge in [0.15, 0.2) is 5.82 Å². The first-order chi connectivity index (χ1) is 9.15. The Morgan fingerprint density at radius 2 is 2.05 bits per heavy atom. The summed E-state index contributed by atoms with van der Waals surface area (Å²) in [4.78, 5) is 9.17. The van der Waals surface area contributed by atoms with Crippen LogP contribution in [-0.2, 0) is 13.0 Å². The van der Waals surface area contributed by atoms with Gasteiger partial charge in [-0.25, -0.2) is 14.4 Å². The normalized spacial score (nSPS) is 14.3. The van der Waals surface area contributed by atoms with Crippen molar-refractivity contribution in [3.63, 3.8) is 0 Å². The summed E-state index contributed by atoms with van der Waals surface area (Å²) in [6.45, 7) is 5.70. The van der Waals surface area contributed by atoms with Crippen LogP contribution in [0.4, 0.5) is 4.39 Å². The fourth-order valence-corrected chi connectivity index (χ4v) is 2.47. The van der Waals surface area contributed by atoms with Crippen LogP contribution in [-0.4, -0.2) is 16.5 Å². The maximum Gasteiger partial charge on any atom is 0.160 e. The van der Waals surface area contributed by atoms with E-state index in [-0.39, 0.29) is 5.82 Å². The van der Waals surface area contributed by atoms with Crippen LogP contribution in [0.5, 0.6) is 0 Å². The first-order valence-electron chi connectivity index (χ1n) is 6.49. The zero-order valence-corrected chi connectivity index (χ0v) is 11.1. The maximum absolute atomic E-state index is 13.4. The van der Waals surface area contributed by atoms with E-state index in [1.165, 1.54) is 17.7 Å². The molecule has 98 valence electrons. The third-order valence-electron chi connectivity index (χ3n) is 3.58. The summed E-state index contributed by atoms with van der Waals surface area (Å²) in [5.74, 6) is 0.386. The highest BCUT2D eigenvalue weighted by molar-refractivity contribution is 5.60. The number of hydrogen-bond donors (Lipinski definition) is 1. The second kappa shape index (κ2) is 4.70. The molecule has 0 spiro atoms. The fourth-order valence-electron chi connectivity index (χ4n) is 2.47. The van der Waals surface area contributed by atoms with Gasteiger partial charge in [-0.3, -0.25) is 0 Å². The van der Waals surface area contributed by atoms with Gasteiger partial charge in [0.05, 0.1) is 5.69 Å². The number of aromatic nitrogens is 2. The molecule has 0 unspecified atom stereocenters. The zero-order chi connectivity index (χ0) is 13.4. The quantitative estimate of drug-likeness (QED) is 0.853. The van der Waals surface area contributed by atoms with Gasteiger partial charge in [0.25, 0.3) is 0 Å². The lowest BCUT2D eigenvalue weighted by atomic mass is 10.0. The van der Waals surface area contributed by atoms with Crippen LogP contribution in [0.25, 0.3) is 11.4 Å². The van der Waals surface area contributed by atoms with E-state index >= 15 is 0 Å². The highest BCUT2D eigenvalue weighted by atomic mass is 19.1. The lowest BCUT2D eigenvalue weighted by Crippen LogP contribution is -2.26. The summed E-state index contributed by atoms with van der Waals surface area (Å²) < 4.78 is 13.4. The van der Waals surface area contributed by atoms with Crippen LogP contribution in [0.1, 0.15) is 22.5 Å². The Labute approximate surface area is 111 Å². The van der Waals surface area contributed by atoms with Gasteiger partial charge >= 0.3 is 0 Å². The van der Waals surface area contributed by atoms with E-state index in [9.17, 15) is 4.39 Å². The maximum atomic E-state index is 13.4. The summed E-state index contributed by atoms with van der Waals surface area (Å²) in [7, 11) is 0. The summed E-state index contributed by atoms with van der Waals surface area (Å²) in [6.07, 6.45) is 0.903. The second-order valence-electron chi connectivity index (χ2n) is 4.94. The Morgan fingerprint density at radius 3 is 2.89 bits per heavy atom. The zero-order valence-electron chi connectivity index (χ0n) is 11.1. The number of aryl methyl sites for hydroxylation is 2. The van der Waals surface area contributed by atoms with Gasteiger partial charge in [-0.2, -0.15) is 0 Å². The molecule has 0 bridgehead atoms. The molecule has 1 aliphatic heterocycles. The topological polar surface area (TPSA) is 37.8 Å². The summed E-state index contributed by atoms with van der Waals surface area (Å²) >= 11 is 0. The van der Waals surface area contributed by atoms with Gasteiger partial charge in [-0.05, 0) is 31.5 Å². The summed E-state index contributed by atoms with van der Waals surface area (Å²) in [6, 6.07) is 4.75. The lowest BCUT2D eigenvalue weighted by Gasteiger charge is -2.19. The number of nitrogens with one attached hydrogen (secondary N) is 1. The largest absolute Gasteiger partial charge is 0.312 e. The number of halogens is 1. The summed E-state index contributed by atoms with van der Waals surface area (Å²) in [5, 5.41) is 3.32. The predicted molar refractivity (Wildman–Crippen MR) is 72.3 cm³/mol.